The van der Waals surface area contributed by atoms with Gasteiger partial charge in [0.25, 0.3) is 5.91 Å². The fourth-order valence-corrected chi connectivity index (χ4v) is 0.679. The Morgan fingerprint density at radius 1 is 1.55 bits per heavy atom. The van der Waals surface area contributed by atoms with Gasteiger partial charge in [0.15, 0.2) is 0 Å². The summed E-state index contributed by atoms with van der Waals surface area (Å²) < 4.78 is 0. The van der Waals surface area contributed by atoms with E-state index < -0.39 is 0 Å². The first-order valence-corrected chi connectivity index (χ1v) is 3.37. The van der Waals surface area contributed by atoms with Crippen LogP contribution in [0, 0.1) is 0 Å². The van der Waals surface area contributed by atoms with Crippen molar-refractivity contribution < 1.29 is 4.79 Å². The van der Waals surface area contributed by atoms with Gasteiger partial charge in [0.05, 0.1) is 5.56 Å². The molecule has 0 unspecified atom stereocenters. The Balaban J connectivity index is 2.69. The van der Waals surface area contributed by atoms with Crippen LogP contribution < -0.4 is 5.32 Å². The average molecular weight is 151 g/mol. The summed E-state index contributed by atoms with van der Waals surface area (Å²) in [6.45, 7) is 2.48. The topological polar surface area (TPSA) is 54.9 Å². The number of nitrogens with one attached hydrogen (secondary N) is 1. The molecule has 1 aromatic rings. The lowest BCUT2D eigenvalue weighted by Gasteiger charge is -1.98. The molecule has 0 aliphatic heterocycles. The maximum Gasteiger partial charge on any atom is 0.254 e. The third-order valence-corrected chi connectivity index (χ3v) is 1.16. The van der Waals surface area contributed by atoms with Crippen molar-refractivity contribution in [2.24, 2.45) is 0 Å². The van der Waals surface area contributed by atoms with Crippen LogP contribution in [0.2, 0.25) is 0 Å². The molecule has 0 fully saturated rings. The van der Waals surface area contributed by atoms with Gasteiger partial charge in [0.2, 0.25) is 0 Å². The molecule has 1 rings (SSSR count). The smallest absolute Gasteiger partial charge is 0.254 e. The third kappa shape index (κ3) is 2.00. The van der Waals surface area contributed by atoms with Crippen molar-refractivity contribution in [1.29, 1.82) is 0 Å². The first-order chi connectivity index (χ1) is 5.34. The Bertz CT molecular complexity index is 235. The van der Waals surface area contributed by atoms with Gasteiger partial charge < -0.3 is 5.32 Å². The highest BCUT2D eigenvalue weighted by Crippen LogP contribution is 1.90. The molecule has 0 radical (unpaired) electrons. The minimum atomic E-state index is -0.131. The second-order valence-corrected chi connectivity index (χ2v) is 1.99. The standard InChI is InChI=1S/C7H9N3O/c1-2-10-7(11)6-3-8-5-9-4-6/h3-5H,2H2,1H3,(H,10,11). The van der Waals surface area contributed by atoms with Crippen molar-refractivity contribution in [3.05, 3.63) is 24.3 Å². The molecule has 58 valence electrons. The number of amides is 1. The van der Waals surface area contributed by atoms with Gasteiger partial charge in [-0.2, -0.15) is 0 Å². The molecule has 0 aliphatic rings. The Kier molecular flexibility index (Phi) is 2.54. The van der Waals surface area contributed by atoms with Crippen LogP contribution >= 0.6 is 0 Å². The first kappa shape index (κ1) is 7.65. The van der Waals surface area contributed by atoms with E-state index in [0.29, 0.717) is 12.1 Å². The van der Waals surface area contributed by atoms with E-state index in [2.05, 4.69) is 15.3 Å². The lowest BCUT2D eigenvalue weighted by molar-refractivity contribution is 0.0955. The molecule has 4 heteroatoms. The maximum atomic E-state index is 11.1. The van der Waals surface area contributed by atoms with Crippen LogP contribution in [-0.2, 0) is 0 Å². The molecule has 1 heterocycles. The predicted octanol–water partition coefficient (Wildman–Crippen LogP) is 0.226. The molecule has 1 amide bonds. The summed E-state index contributed by atoms with van der Waals surface area (Å²) in [7, 11) is 0. The van der Waals surface area contributed by atoms with Crippen molar-refractivity contribution in [2.75, 3.05) is 6.54 Å². The van der Waals surface area contributed by atoms with Crippen LogP contribution in [0.5, 0.6) is 0 Å². The summed E-state index contributed by atoms with van der Waals surface area (Å²) >= 11 is 0. The van der Waals surface area contributed by atoms with E-state index in [4.69, 9.17) is 0 Å². The van der Waals surface area contributed by atoms with Crippen LogP contribution in [0.15, 0.2) is 18.7 Å². The molecule has 0 spiro atoms. The molecule has 11 heavy (non-hydrogen) atoms. The Hall–Kier alpha value is -1.45. The highest BCUT2D eigenvalue weighted by molar-refractivity contribution is 5.93. The van der Waals surface area contributed by atoms with E-state index in [1.807, 2.05) is 6.92 Å². The van der Waals surface area contributed by atoms with Crippen LogP contribution in [-0.4, -0.2) is 22.4 Å². The number of carbonyl (C=O) groups is 1. The Morgan fingerprint density at radius 2 is 2.18 bits per heavy atom. The molecular formula is C7H9N3O. The molecule has 0 bridgehead atoms. The molecule has 0 saturated heterocycles. The van der Waals surface area contributed by atoms with Crippen molar-refractivity contribution in [3.63, 3.8) is 0 Å². The van der Waals surface area contributed by atoms with E-state index in [1.54, 1.807) is 0 Å². The monoisotopic (exact) mass is 151 g/mol. The van der Waals surface area contributed by atoms with E-state index >= 15 is 0 Å². The fraction of sp³-hybridized carbons (Fsp3) is 0.286. The largest absolute Gasteiger partial charge is 0.352 e. The highest BCUT2D eigenvalue weighted by atomic mass is 16.1. The summed E-state index contributed by atoms with van der Waals surface area (Å²) in [5.41, 5.74) is 0.495. The zero-order chi connectivity index (χ0) is 8.10. The quantitative estimate of drug-likeness (QED) is 0.658. The zero-order valence-electron chi connectivity index (χ0n) is 6.24. The Morgan fingerprint density at radius 3 is 2.73 bits per heavy atom. The molecule has 0 aromatic carbocycles. The Labute approximate surface area is 64.7 Å². The van der Waals surface area contributed by atoms with Gasteiger partial charge >= 0.3 is 0 Å². The second kappa shape index (κ2) is 3.65. The van der Waals surface area contributed by atoms with Crippen LogP contribution in [0.1, 0.15) is 17.3 Å². The van der Waals surface area contributed by atoms with E-state index in [9.17, 15) is 4.79 Å². The summed E-state index contributed by atoms with van der Waals surface area (Å²) in [6, 6.07) is 0. The molecular weight excluding hydrogens is 142 g/mol. The zero-order valence-corrected chi connectivity index (χ0v) is 6.24. The van der Waals surface area contributed by atoms with Crippen LogP contribution in [0.3, 0.4) is 0 Å². The normalized spacial score (nSPS) is 9.18. The lowest BCUT2D eigenvalue weighted by atomic mass is 10.3. The van der Waals surface area contributed by atoms with Crippen LogP contribution in [0.4, 0.5) is 0 Å². The SMILES string of the molecule is CCNC(=O)c1cncnc1. The van der Waals surface area contributed by atoms with Crippen molar-refractivity contribution in [1.82, 2.24) is 15.3 Å². The molecule has 0 atom stereocenters. The fourth-order valence-electron chi connectivity index (χ4n) is 0.679. The third-order valence-electron chi connectivity index (χ3n) is 1.16. The predicted molar refractivity (Wildman–Crippen MR) is 40.0 cm³/mol. The van der Waals surface area contributed by atoms with Crippen LogP contribution in [0.25, 0.3) is 0 Å². The second-order valence-electron chi connectivity index (χ2n) is 1.99. The number of nitrogens with zero attached hydrogens (tertiary/aromatic N) is 2. The molecule has 1 aromatic heterocycles. The van der Waals surface area contributed by atoms with Gasteiger partial charge in [0, 0.05) is 18.9 Å². The van der Waals surface area contributed by atoms with Crippen molar-refractivity contribution in [2.45, 2.75) is 6.92 Å². The molecule has 0 saturated carbocycles. The first-order valence-electron chi connectivity index (χ1n) is 3.37. The van der Waals surface area contributed by atoms with Gasteiger partial charge in [-0.05, 0) is 6.92 Å². The van der Waals surface area contributed by atoms with E-state index in [0.717, 1.165) is 0 Å². The molecule has 4 nitrogen and oxygen atoms in total. The molecule has 1 N–H and O–H groups in total. The molecule has 0 aliphatic carbocycles. The summed E-state index contributed by atoms with van der Waals surface area (Å²) in [5, 5.41) is 2.64. The summed E-state index contributed by atoms with van der Waals surface area (Å²) in [6.07, 6.45) is 4.36. The van der Waals surface area contributed by atoms with Crippen molar-refractivity contribution >= 4 is 5.91 Å². The van der Waals surface area contributed by atoms with E-state index in [1.165, 1.54) is 18.7 Å². The number of rotatable bonds is 2. The summed E-state index contributed by atoms with van der Waals surface area (Å²) in [4.78, 5) is 18.5. The van der Waals surface area contributed by atoms with Gasteiger partial charge in [-0.25, -0.2) is 9.97 Å². The number of hydrogen-bond acceptors (Lipinski definition) is 3. The van der Waals surface area contributed by atoms with Gasteiger partial charge in [0.1, 0.15) is 6.33 Å². The van der Waals surface area contributed by atoms with Gasteiger partial charge in [-0.3, -0.25) is 4.79 Å². The minimum Gasteiger partial charge on any atom is -0.352 e. The number of carbonyl (C=O) groups excluding carboxylic acids is 1. The van der Waals surface area contributed by atoms with Crippen molar-refractivity contribution in [3.8, 4) is 0 Å². The average Bonchev–Trinajstić information content (AvgIpc) is 2.07. The minimum absolute atomic E-state index is 0.131. The van der Waals surface area contributed by atoms with E-state index in [-0.39, 0.29) is 5.91 Å². The number of hydrogen-bond donors (Lipinski definition) is 1. The number of aromatic nitrogens is 2. The van der Waals surface area contributed by atoms with Gasteiger partial charge in [-0.1, -0.05) is 0 Å². The maximum absolute atomic E-state index is 11.1. The van der Waals surface area contributed by atoms with Gasteiger partial charge in [-0.15, -0.1) is 0 Å². The lowest BCUT2D eigenvalue weighted by Crippen LogP contribution is -2.22. The summed E-state index contributed by atoms with van der Waals surface area (Å²) in [5.74, 6) is -0.131. The highest BCUT2D eigenvalue weighted by Gasteiger charge is 2.01.